The number of likely N-dealkylation sites (N-methyl/N-ethyl adjacent to an activating group) is 1. The number of ether oxygens (including phenoxy) is 1. The van der Waals surface area contributed by atoms with E-state index in [9.17, 15) is 24.5 Å². The summed E-state index contributed by atoms with van der Waals surface area (Å²) in [7, 11) is 1.62. The van der Waals surface area contributed by atoms with Gasteiger partial charge < -0.3 is 14.5 Å². The predicted molar refractivity (Wildman–Crippen MR) is 145 cm³/mol. The standard InChI is InChI=1S/C27H27ClN6O6/c1-31(13-18-2-3-21(12-29)23(28)10-18)25(35)14-33-16-30-24-5-4-20(11-22(24)27(33)37)19-6-8-32(9-7-19)26(36)15-40-17-34(38)39/h2-5,10-11,16,19H,6-9,13-15,17H2,1H3. The third kappa shape index (κ3) is 6.80. The number of halogens is 1. The van der Waals surface area contributed by atoms with E-state index in [2.05, 4.69) is 4.98 Å². The minimum Gasteiger partial charge on any atom is -0.341 e. The SMILES string of the molecule is CN(Cc1ccc(C#N)c(Cl)c1)C(=O)Cn1cnc2ccc(C3CCN(C(=O)COC[N+](=O)[O-])CC3)cc2c1=O. The molecule has 0 unspecified atom stereocenters. The molecular formula is C27H27ClN6O6. The van der Waals surface area contributed by atoms with E-state index in [4.69, 9.17) is 21.6 Å². The first-order valence-corrected chi connectivity index (χ1v) is 12.9. The summed E-state index contributed by atoms with van der Waals surface area (Å²) in [6.07, 6.45) is 2.70. The second kappa shape index (κ2) is 12.7. The first-order chi connectivity index (χ1) is 19.2. The highest BCUT2D eigenvalue weighted by molar-refractivity contribution is 6.31. The number of benzene rings is 2. The van der Waals surface area contributed by atoms with Crippen LogP contribution in [0.2, 0.25) is 5.02 Å². The molecule has 1 fully saturated rings. The van der Waals surface area contributed by atoms with Crippen LogP contribution in [0.25, 0.3) is 10.9 Å². The van der Waals surface area contributed by atoms with Gasteiger partial charge in [-0.3, -0.25) is 29.1 Å². The molecule has 208 valence electrons. The molecule has 3 aromatic rings. The number of nitriles is 1. The summed E-state index contributed by atoms with van der Waals surface area (Å²) >= 11 is 6.09. The summed E-state index contributed by atoms with van der Waals surface area (Å²) in [5.74, 6) is -0.463. The van der Waals surface area contributed by atoms with Crippen LogP contribution >= 0.6 is 11.6 Å². The molecule has 0 saturated carbocycles. The largest absolute Gasteiger partial charge is 0.341 e. The van der Waals surface area contributed by atoms with Crippen molar-refractivity contribution in [2.75, 3.05) is 33.5 Å². The quantitative estimate of drug-likeness (QED) is 0.218. The maximum absolute atomic E-state index is 13.3. The Morgan fingerprint density at radius 3 is 2.67 bits per heavy atom. The van der Waals surface area contributed by atoms with Gasteiger partial charge in [-0.05, 0) is 54.2 Å². The van der Waals surface area contributed by atoms with E-state index in [0.717, 1.165) is 11.1 Å². The summed E-state index contributed by atoms with van der Waals surface area (Å²) in [6, 6.07) is 12.5. The van der Waals surface area contributed by atoms with Gasteiger partial charge in [0.1, 0.15) is 19.2 Å². The monoisotopic (exact) mass is 566 g/mol. The fourth-order valence-electron chi connectivity index (χ4n) is 4.68. The second-order valence-electron chi connectivity index (χ2n) is 9.60. The lowest BCUT2D eigenvalue weighted by Gasteiger charge is -2.32. The fourth-order valence-corrected chi connectivity index (χ4v) is 4.93. The van der Waals surface area contributed by atoms with Crippen molar-refractivity contribution in [2.45, 2.75) is 31.8 Å². The van der Waals surface area contributed by atoms with E-state index in [0.29, 0.717) is 47.4 Å². The zero-order valence-electron chi connectivity index (χ0n) is 21.8. The number of nitrogens with zero attached hydrogens (tertiary/aromatic N) is 6. The Labute approximate surface area is 234 Å². The molecule has 2 heterocycles. The summed E-state index contributed by atoms with van der Waals surface area (Å²) in [4.78, 5) is 55.6. The van der Waals surface area contributed by atoms with Crippen LogP contribution in [0.15, 0.2) is 47.5 Å². The Kier molecular flexibility index (Phi) is 9.08. The van der Waals surface area contributed by atoms with Crippen molar-refractivity contribution in [3.63, 3.8) is 0 Å². The van der Waals surface area contributed by atoms with Crippen LogP contribution in [-0.4, -0.2) is 69.6 Å². The summed E-state index contributed by atoms with van der Waals surface area (Å²) in [5.41, 5.74) is 2.25. The van der Waals surface area contributed by atoms with Gasteiger partial charge in [-0.15, -0.1) is 0 Å². The Morgan fingerprint density at radius 2 is 2.00 bits per heavy atom. The molecule has 1 aliphatic rings. The van der Waals surface area contributed by atoms with E-state index >= 15 is 0 Å². The van der Waals surface area contributed by atoms with Crippen molar-refractivity contribution in [3.8, 4) is 6.07 Å². The van der Waals surface area contributed by atoms with Crippen LogP contribution in [0.1, 0.15) is 35.4 Å². The number of hydrogen-bond acceptors (Lipinski definition) is 8. The molecule has 13 heteroatoms. The molecular weight excluding hydrogens is 540 g/mol. The average Bonchev–Trinajstić information content (AvgIpc) is 2.94. The number of piperidine rings is 1. The highest BCUT2D eigenvalue weighted by Gasteiger charge is 2.25. The Morgan fingerprint density at radius 1 is 1.25 bits per heavy atom. The number of carbonyl (C=O) groups is 2. The third-order valence-electron chi connectivity index (χ3n) is 6.89. The first kappa shape index (κ1) is 28.7. The predicted octanol–water partition coefficient (Wildman–Crippen LogP) is 2.54. The van der Waals surface area contributed by atoms with Gasteiger partial charge in [0.15, 0.2) is 0 Å². The molecule has 1 aliphatic heterocycles. The van der Waals surface area contributed by atoms with Crippen molar-refractivity contribution in [1.29, 1.82) is 5.26 Å². The lowest BCUT2D eigenvalue weighted by molar-refractivity contribution is -0.525. The number of carbonyl (C=O) groups excluding carboxylic acids is 2. The zero-order valence-corrected chi connectivity index (χ0v) is 22.5. The minimum absolute atomic E-state index is 0.119. The lowest BCUT2D eigenvalue weighted by atomic mass is 9.89. The summed E-state index contributed by atoms with van der Waals surface area (Å²) in [6.45, 7) is -0.0166. The Balaban J connectivity index is 1.41. The second-order valence-corrected chi connectivity index (χ2v) is 10.0. The van der Waals surface area contributed by atoms with Crippen LogP contribution in [0.3, 0.4) is 0 Å². The van der Waals surface area contributed by atoms with Gasteiger partial charge in [-0.1, -0.05) is 23.7 Å². The molecule has 12 nitrogen and oxygen atoms in total. The number of amides is 2. The maximum atomic E-state index is 13.3. The van der Waals surface area contributed by atoms with Crippen LogP contribution in [0, 0.1) is 21.4 Å². The molecule has 0 radical (unpaired) electrons. The van der Waals surface area contributed by atoms with Crippen molar-refractivity contribution in [2.24, 2.45) is 0 Å². The van der Waals surface area contributed by atoms with E-state index in [1.165, 1.54) is 15.8 Å². The van der Waals surface area contributed by atoms with E-state index in [-0.39, 0.29) is 43.0 Å². The number of hydrogen-bond donors (Lipinski definition) is 0. The smallest absolute Gasteiger partial charge is 0.306 e. The van der Waals surface area contributed by atoms with Gasteiger partial charge in [-0.2, -0.15) is 5.26 Å². The van der Waals surface area contributed by atoms with Gasteiger partial charge in [0.25, 0.3) is 5.56 Å². The zero-order chi connectivity index (χ0) is 28.8. The Bertz CT molecular complexity index is 1540. The number of likely N-dealkylation sites (tertiary alicyclic amines) is 1. The van der Waals surface area contributed by atoms with Crippen molar-refractivity contribution < 1.29 is 19.2 Å². The van der Waals surface area contributed by atoms with Crippen LogP contribution < -0.4 is 5.56 Å². The summed E-state index contributed by atoms with van der Waals surface area (Å²) < 4.78 is 6.08. The topological polar surface area (TPSA) is 152 Å². The molecule has 2 amide bonds. The fraction of sp³-hybridized carbons (Fsp3) is 0.370. The maximum Gasteiger partial charge on any atom is 0.306 e. The van der Waals surface area contributed by atoms with Gasteiger partial charge in [-0.25, -0.2) is 4.98 Å². The van der Waals surface area contributed by atoms with E-state index in [1.807, 2.05) is 12.1 Å². The number of aromatic nitrogens is 2. The normalized spacial score (nSPS) is 13.7. The highest BCUT2D eigenvalue weighted by Crippen LogP contribution is 2.29. The van der Waals surface area contributed by atoms with E-state index in [1.54, 1.807) is 42.3 Å². The van der Waals surface area contributed by atoms with Crippen LogP contribution in [0.5, 0.6) is 0 Å². The molecule has 2 aromatic carbocycles. The first-order valence-electron chi connectivity index (χ1n) is 12.5. The number of nitro groups is 1. The van der Waals surface area contributed by atoms with Crippen LogP contribution in [0.4, 0.5) is 0 Å². The minimum atomic E-state index is -0.710. The van der Waals surface area contributed by atoms with Crippen molar-refractivity contribution in [3.05, 3.63) is 84.9 Å². The number of rotatable bonds is 9. The molecule has 40 heavy (non-hydrogen) atoms. The van der Waals surface area contributed by atoms with Gasteiger partial charge >= 0.3 is 6.73 Å². The third-order valence-corrected chi connectivity index (χ3v) is 7.21. The molecule has 1 aromatic heterocycles. The van der Waals surface area contributed by atoms with E-state index < -0.39 is 11.7 Å². The molecule has 1 saturated heterocycles. The van der Waals surface area contributed by atoms with Crippen molar-refractivity contribution in [1.82, 2.24) is 19.4 Å². The van der Waals surface area contributed by atoms with Gasteiger partial charge in [0.2, 0.25) is 11.8 Å². The molecule has 0 aliphatic carbocycles. The van der Waals surface area contributed by atoms with Gasteiger partial charge in [0.05, 0.1) is 27.8 Å². The molecule has 0 N–H and O–H groups in total. The Hall–Kier alpha value is -4.34. The van der Waals surface area contributed by atoms with Gasteiger partial charge in [0, 0.05) is 31.6 Å². The molecule has 0 spiro atoms. The molecule has 4 rings (SSSR count). The van der Waals surface area contributed by atoms with Crippen LogP contribution in [-0.2, 0) is 27.4 Å². The highest BCUT2D eigenvalue weighted by atomic mass is 35.5. The van der Waals surface area contributed by atoms with Crippen molar-refractivity contribution >= 4 is 34.3 Å². The molecule has 0 atom stereocenters. The average molecular weight is 567 g/mol. The summed E-state index contributed by atoms with van der Waals surface area (Å²) in [5, 5.41) is 20.1. The lowest BCUT2D eigenvalue weighted by Crippen LogP contribution is -2.40. The number of fused-ring (bicyclic) bond motifs is 1. The molecule has 0 bridgehead atoms.